The summed E-state index contributed by atoms with van der Waals surface area (Å²) in [6.45, 7) is 12.0. The normalized spacial score (nSPS) is 35.4. The Bertz CT molecular complexity index is 181. The fourth-order valence-electron chi connectivity index (χ4n) is 2.63. The highest BCUT2D eigenvalue weighted by molar-refractivity contribution is 4.82. The summed E-state index contributed by atoms with van der Waals surface area (Å²) in [7, 11) is 2.05. The summed E-state index contributed by atoms with van der Waals surface area (Å²) in [5, 5.41) is 3.32. The molecule has 0 aromatic carbocycles. The van der Waals surface area contributed by atoms with Crippen molar-refractivity contribution in [1.82, 2.24) is 10.2 Å². The summed E-state index contributed by atoms with van der Waals surface area (Å²) in [5.41, 5.74) is 0. The molecule has 1 aliphatic heterocycles. The maximum Gasteiger partial charge on any atom is 0.00927 e. The number of rotatable bonds is 4. The minimum Gasteiger partial charge on any atom is -0.317 e. The van der Waals surface area contributed by atoms with Crippen LogP contribution in [0.15, 0.2) is 0 Å². The predicted octanol–water partition coefficient (Wildman–Crippen LogP) is 2.35. The van der Waals surface area contributed by atoms with Gasteiger partial charge in [0.2, 0.25) is 0 Å². The van der Waals surface area contributed by atoms with E-state index in [-0.39, 0.29) is 0 Å². The molecule has 1 N–H and O–H groups in total. The van der Waals surface area contributed by atoms with E-state index in [0.717, 1.165) is 17.9 Å². The second kappa shape index (κ2) is 5.86. The van der Waals surface area contributed by atoms with Gasteiger partial charge in [0.05, 0.1) is 0 Å². The molecule has 15 heavy (non-hydrogen) atoms. The first kappa shape index (κ1) is 13.0. The van der Waals surface area contributed by atoms with Gasteiger partial charge in [-0.3, -0.25) is 0 Å². The lowest BCUT2D eigenvalue weighted by atomic mass is 9.86. The van der Waals surface area contributed by atoms with Crippen molar-refractivity contribution in [3.8, 4) is 0 Å². The largest absolute Gasteiger partial charge is 0.317 e. The van der Waals surface area contributed by atoms with Crippen LogP contribution in [0.5, 0.6) is 0 Å². The molecule has 90 valence electrons. The van der Waals surface area contributed by atoms with Crippen molar-refractivity contribution >= 4 is 0 Å². The van der Waals surface area contributed by atoms with E-state index in [1.807, 2.05) is 0 Å². The maximum absolute atomic E-state index is 3.32. The smallest absolute Gasteiger partial charge is 0.00927 e. The van der Waals surface area contributed by atoms with E-state index in [4.69, 9.17) is 0 Å². The molecule has 2 nitrogen and oxygen atoms in total. The Balaban J connectivity index is 2.38. The second-order valence-corrected chi connectivity index (χ2v) is 5.53. The Morgan fingerprint density at radius 2 is 2.00 bits per heavy atom. The molecule has 1 saturated heterocycles. The van der Waals surface area contributed by atoms with Crippen molar-refractivity contribution < 1.29 is 0 Å². The lowest BCUT2D eigenvalue weighted by molar-refractivity contribution is 0.0766. The van der Waals surface area contributed by atoms with Gasteiger partial charge in [-0.15, -0.1) is 0 Å². The number of nitrogens with zero attached hydrogens (tertiary/aromatic N) is 1. The van der Waals surface area contributed by atoms with Crippen LogP contribution in [0.2, 0.25) is 0 Å². The summed E-state index contributed by atoms with van der Waals surface area (Å²) in [5.74, 6) is 1.74. The summed E-state index contributed by atoms with van der Waals surface area (Å²) in [6, 6.07) is 1.41. The number of hydrogen-bond donors (Lipinski definition) is 1. The van der Waals surface area contributed by atoms with Crippen LogP contribution in [0.1, 0.15) is 40.5 Å². The molecule has 1 heterocycles. The van der Waals surface area contributed by atoms with Gasteiger partial charge in [-0.2, -0.15) is 0 Å². The molecule has 4 atom stereocenters. The first-order chi connectivity index (χ1) is 7.04. The predicted molar refractivity (Wildman–Crippen MR) is 67.1 cm³/mol. The molecule has 0 radical (unpaired) electrons. The Hall–Kier alpha value is -0.0800. The first-order valence-corrected chi connectivity index (χ1v) is 6.46. The average molecular weight is 212 g/mol. The topological polar surface area (TPSA) is 15.3 Å². The monoisotopic (exact) mass is 212 g/mol. The highest BCUT2D eigenvalue weighted by Gasteiger charge is 2.28. The first-order valence-electron chi connectivity index (χ1n) is 6.46. The third-order valence-corrected chi connectivity index (χ3v) is 4.06. The average Bonchev–Trinajstić information content (AvgIpc) is 2.20. The zero-order valence-corrected chi connectivity index (χ0v) is 11.1. The van der Waals surface area contributed by atoms with Crippen LogP contribution in [-0.2, 0) is 0 Å². The lowest BCUT2D eigenvalue weighted by Crippen LogP contribution is -2.47. The van der Waals surface area contributed by atoms with E-state index in [9.17, 15) is 0 Å². The van der Waals surface area contributed by atoms with Gasteiger partial charge in [-0.1, -0.05) is 13.8 Å². The fourth-order valence-corrected chi connectivity index (χ4v) is 2.63. The number of nitrogens with one attached hydrogen (secondary N) is 1. The fraction of sp³-hybridized carbons (Fsp3) is 1.00. The van der Waals surface area contributed by atoms with Crippen molar-refractivity contribution in [2.75, 3.05) is 20.1 Å². The third kappa shape index (κ3) is 3.76. The zero-order chi connectivity index (χ0) is 11.4. The Morgan fingerprint density at radius 1 is 1.33 bits per heavy atom. The molecule has 0 aromatic rings. The maximum atomic E-state index is 3.32. The standard InChI is InChI=1S/C13H28N2/c1-10-8-11(2)13(4)15(9-10)7-6-12(3)14-5/h10-14H,6-9H2,1-5H3. The summed E-state index contributed by atoms with van der Waals surface area (Å²) < 4.78 is 0. The highest BCUT2D eigenvalue weighted by Crippen LogP contribution is 2.26. The molecule has 1 rings (SSSR count). The van der Waals surface area contributed by atoms with Gasteiger partial charge in [-0.25, -0.2) is 0 Å². The van der Waals surface area contributed by atoms with Gasteiger partial charge in [-0.05, 0) is 52.1 Å². The van der Waals surface area contributed by atoms with E-state index >= 15 is 0 Å². The molecule has 2 heteroatoms. The van der Waals surface area contributed by atoms with Crippen molar-refractivity contribution in [1.29, 1.82) is 0 Å². The van der Waals surface area contributed by atoms with E-state index in [1.54, 1.807) is 0 Å². The molecule has 0 aromatic heterocycles. The summed E-state index contributed by atoms with van der Waals surface area (Å²) in [6.07, 6.45) is 2.67. The molecule has 0 bridgehead atoms. The molecule has 0 saturated carbocycles. The third-order valence-electron chi connectivity index (χ3n) is 4.06. The molecule has 1 aliphatic rings. The second-order valence-electron chi connectivity index (χ2n) is 5.53. The zero-order valence-electron chi connectivity index (χ0n) is 11.1. The Morgan fingerprint density at radius 3 is 2.60 bits per heavy atom. The van der Waals surface area contributed by atoms with Gasteiger partial charge in [0.25, 0.3) is 0 Å². The minimum absolute atomic E-state index is 0.643. The van der Waals surface area contributed by atoms with Crippen LogP contribution < -0.4 is 5.32 Å². The quantitative estimate of drug-likeness (QED) is 0.769. The van der Waals surface area contributed by atoms with Crippen LogP contribution >= 0.6 is 0 Å². The van der Waals surface area contributed by atoms with Crippen LogP contribution in [0, 0.1) is 11.8 Å². The molecule has 0 aliphatic carbocycles. The molecular weight excluding hydrogens is 184 g/mol. The summed E-state index contributed by atoms with van der Waals surface area (Å²) in [4.78, 5) is 2.67. The van der Waals surface area contributed by atoms with E-state index in [0.29, 0.717) is 6.04 Å². The van der Waals surface area contributed by atoms with Crippen molar-refractivity contribution in [2.24, 2.45) is 11.8 Å². The van der Waals surface area contributed by atoms with E-state index in [2.05, 4.69) is 45.0 Å². The lowest BCUT2D eigenvalue weighted by Gasteiger charge is -2.41. The molecule has 0 amide bonds. The SMILES string of the molecule is CNC(C)CCN1CC(C)CC(C)C1C. The van der Waals surface area contributed by atoms with Gasteiger partial charge in [0, 0.05) is 18.6 Å². The van der Waals surface area contributed by atoms with Crippen LogP contribution in [0.3, 0.4) is 0 Å². The number of hydrogen-bond acceptors (Lipinski definition) is 2. The van der Waals surface area contributed by atoms with Crippen molar-refractivity contribution in [2.45, 2.75) is 52.6 Å². The van der Waals surface area contributed by atoms with Gasteiger partial charge in [0.15, 0.2) is 0 Å². The van der Waals surface area contributed by atoms with Crippen molar-refractivity contribution in [3.05, 3.63) is 0 Å². The molecule has 4 unspecified atom stereocenters. The highest BCUT2D eigenvalue weighted by atomic mass is 15.2. The Labute approximate surface area is 95.4 Å². The summed E-state index contributed by atoms with van der Waals surface area (Å²) >= 11 is 0. The molecule has 0 spiro atoms. The number of piperidine rings is 1. The molecule has 1 fully saturated rings. The van der Waals surface area contributed by atoms with Gasteiger partial charge in [0.1, 0.15) is 0 Å². The number of likely N-dealkylation sites (tertiary alicyclic amines) is 1. The van der Waals surface area contributed by atoms with E-state index in [1.165, 1.54) is 25.9 Å². The Kier molecular flexibility index (Phi) is 5.07. The van der Waals surface area contributed by atoms with E-state index < -0.39 is 0 Å². The van der Waals surface area contributed by atoms with Crippen LogP contribution in [0.4, 0.5) is 0 Å². The van der Waals surface area contributed by atoms with Crippen LogP contribution in [-0.4, -0.2) is 37.1 Å². The van der Waals surface area contributed by atoms with Crippen LogP contribution in [0.25, 0.3) is 0 Å². The van der Waals surface area contributed by atoms with Gasteiger partial charge < -0.3 is 10.2 Å². The van der Waals surface area contributed by atoms with Gasteiger partial charge >= 0.3 is 0 Å². The minimum atomic E-state index is 0.643. The molecular formula is C13H28N2. The van der Waals surface area contributed by atoms with Crippen molar-refractivity contribution in [3.63, 3.8) is 0 Å².